The molecule has 0 saturated carbocycles. The molecule has 0 fully saturated rings. The van der Waals surface area contributed by atoms with Crippen molar-refractivity contribution in [2.45, 2.75) is 20.8 Å². The zero-order chi connectivity index (χ0) is 9.40. The van der Waals surface area contributed by atoms with Crippen LogP contribution in [0.25, 0.3) is 6.08 Å². The predicted octanol–water partition coefficient (Wildman–Crippen LogP) is 2.46. The van der Waals surface area contributed by atoms with E-state index in [1.807, 2.05) is 13.8 Å². The molecule has 1 aromatic rings. The molecule has 12 heavy (non-hydrogen) atoms. The van der Waals surface area contributed by atoms with Gasteiger partial charge in [-0.15, -0.1) is 0 Å². The lowest BCUT2D eigenvalue weighted by atomic mass is 10.4. The first-order valence-corrected chi connectivity index (χ1v) is 3.82. The van der Waals surface area contributed by atoms with Crippen LogP contribution in [0.2, 0.25) is 0 Å². The zero-order valence-electron chi connectivity index (χ0n) is 7.61. The molecule has 4 heteroatoms. The van der Waals surface area contributed by atoms with E-state index in [1.165, 1.54) is 0 Å². The summed E-state index contributed by atoms with van der Waals surface area (Å²) in [4.78, 5) is 3.87. The molecule has 0 saturated heterocycles. The van der Waals surface area contributed by atoms with Crippen molar-refractivity contribution in [3.05, 3.63) is 12.3 Å². The average molecular weight is 167 g/mol. The fourth-order valence-corrected chi connectivity index (χ4v) is 0.531. The number of hydrogen-bond acceptors (Lipinski definition) is 4. The molecule has 0 aliphatic carbocycles. The van der Waals surface area contributed by atoms with Crippen molar-refractivity contribution < 1.29 is 4.63 Å². The summed E-state index contributed by atoms with van der Waals surface area (Å²) in [6, 6.07) is 0. The molecule has 66 valence electrons. The summed E-state index contributed by atoms with van der Waals surface area (Å²) in [6.45, 7) is 9.30. The first-order valence-electron chi connectivity index (χ1n) is 3.82. The number of aliphatic imine (C=N–C) groups is 1. The van der Waals surface area contributed by atoms with Crippen LogP contribution in [0, 0.1) is 0 Å². The molecule has 0 aromatic carbocycles. The zero-order valence-corrected chi connectivity index (χ0v) is 7.61. The van der Waals surface area contributed by atoms with E-state index in [9.17, 15) is 0 Å². The molecule has 0 N–H and O–H groups in total. The highest BCUT2D eigenvalue weighted by Gasteiger charge is 2.01. The minimum absolute atomic E-state index is 0.470. The Kier molecular flexibility index (Phi) is 5.51. The van der Waals surface area contributed by atoms with Crippen molar-refractivity contribution in [3.8, 4) is 0 Å². The maximum absolute atomic E-state index is 4.40. The average Bonchev–Trinajstić information content (AvgIpc) is 2.56. The summed E-state index contributed by atoms with van der Waals surface area (Å²) in [6.07, 6.45) is 3.16. The van der Waals surface area contributed by atoms with E-state index in [0.29, 0.717) is 11.5 Å². The molecule has 0 spiro atoms. The third-order valence-electron chi connectivity index (χ3n) is 0.940. The van der Waals surface area contributed by atoms with Gasteiger partial charge in [0.25, 0.3) is 0 Å². The van der Waals surface area contributed by atoms with Gasteiger partial charge in [0.15, 0.2) is 5.69 Å². The Hall–Kier alpha value is -1.45. The lowest BCUT2D eigenvalue weighted by molar-refractivity contribution is 0.307. The molecular weight excluding hydrogens is 154 g/mol. The Morgan fingerprint density at radius 3 is 2.58 bits per heavy atom. The molecule has 4 nitrogen and oxygen atoms in total. The van der Waals surface area contributed by atoms with Gasteiger partial charge >= 0.3 is 0 Å². The summed E-state index contributed by atoms with van der Waals surface area (Å²) >= 11 is 0. The van der Waals surface area contributed by atoms with Gasteiger partial charge in [-0.3, -0.25) is 0 Å². The molecule has 1 aromatic heterocycles. The molecule has 0 atom stereocenters. The molecule has 1 rings (SSSR count). The van der Waals surface area contributed by atoms with Crippen LogP contribution in [0.15, 0.2) is 16.2 Å². The van der Waals surface area contributed by atoms with Gasteiger partial charge in [0, 0.05) is 6.21 Å². The lowest BCUT2D eigenvalue weighted by Crippen LogP contribution is -1.69. The Bertz CT molecular complexity index is 253. The third kappa shape index (κ3) is 2.65. The van der Waals surface area contributed by atoms with Crippen LogP contribution >= 0.6 is 0 Å². The van der Waals surface area contributed by atoms with Crippen molar-refractivity contribution in [2.24, 2.45) is 4.99 Å². The number of nitrogens with zero attached hydrogens (tertiary/aromatic N) is 3. The second kappa shape index (κ2) is 6.27. The van der Waals surface area contributed by atoms with Crippen molar-refractivity contribution in [2.75, 3.05) is 0 Å². The predicted molar refractivity (Wildman–Crippen MR) is 49.6 cm³/mol. The first-order chi connectivity index (χ1) is 5.88. The number of hydrogen-bond donors (Lipinski definition) is 0. The number of aromatic nitrogens is 2. The molecule has 0 aliphatic rings. The van der Waals surface area contributed by atoms with Gasteiger partial charge in [-0.25, -0.2) is 9.62 Å². The third-order valence-corrected chi connectivity index (χ3v) is 0.940. The fourth-order valence-electron chi connectivity index (χ4n) is 0.531. The van der Waals surface area contributed by atoms with E-state index >= 15 is 0 Å². The van der Waals surface area contributed by atoms with Crippen LogP contribution in [-0.2, 0) is 0 Å². The highest BCUT2D eigenvalue weighted by atomic mass is 16.6. The molecule has 1 heterocycles. The van der Waals surface area contributed by atoms with Crippen molar-refractivity contribution >= 4 is 18.1 Å². The van der Waals surface area contributed by atoms with E-state index < -0.39 is 0 Å². The Morgan fingerprint density at radius 1 is 1.42 bits per heavy atom. The van der Waals surface area contributed by atoms with Crippen LogP contribution in [0.1, 0.15) is 26.5 Å². The lowest BCUT2D eigenvalue weighted by Gasteiger charge is -1.79. The van der Waals surface area contributed by atoms with Crippen LogP contribution in [0.5, 0.6) is 0 Å². The Morgan fingerprint density at radius 2 is 2.08 bits per heavy atom. The smallest absolute Gasteiger partial charge is 0.223 e. The molecule has 0 unspecified atom stereocenters. The van der Waals surface area contributed by atoms with E-state index in [4.69, 9.17) is 0 Å². The van der Waals surface area contributed by atoms with Crippen molar-refractivity contribution in [3.63, 3.8) is 0 Å². The van der Waals surface area contributed by atoms with Gasteiger partial charge in [0.05, 0.1) is 0 Å². The highest BCUT2D eigenvalue weighted by Crippen LogP contribution is 2.12. The summed E-state index contributed by atoms with van der Waals surface area (Å²) in [5.74, 6) is 0.470. The highest BCUT2D eigenvalue weighted by molar-refractivity contribution is 5.63. The second-order valence-electron chi connectivity index (χ2n) is 1.56. The minimum atomic E-state index is 0.470. The Labute approximate surface area is 72.0 Å². The van der Waals surface area contributed by atoms with Crippen LogP contribution in [-0.4, -0.2) is 16.5 Å². The second-order valence-corrected chi connectivity index (χ2v) is 1.56. The topological polar surface area (TPSA) is 51.3 Å². The van der Waals surface area contributed by atoms with Gasteiger partial charge < -0.3 is 0 Å². The summed E-state index contributed by atoms with van der Waals surface area (Å²) in [5.41, 5.74) is 0.568. The molecular formula is C8H13N3O. The standard InChI is InChI=1S/C6H7N3O.C2H6/c1-3-5-6(7-4-2)9-10-8-5;1-2/h3-4H,1H2,2H3;1-2H3. The van der Waals surface area contributed by atoms with Gasteiger partial charge in [0.1, 0.15) is 0 Å². The van der Waals surface area contributed by atoms with Gasteiger partial charge in [-0.05, 0) is 23.3 Å². The molecule has 0 radical (unpaired) electrons. The molecule has 0 aliphatic heterocycles. The maximum Gasteiger partial charge on any atom is 0.223 e. The first kappa shape index (κ1) is 10.6. The van der Waals surface area contributed by atoms with Gasteiger partial charge in [-0.2, -0.15) is 0 Å². The van der Waals surface area contributed by atoms with Gasteiger partial charge in [-0.1, -0.05) is 20.4 Å². The largest absolute Gasteiger partial charge is 0.242 e. The van der Waals surface area contributed by atoms with E-state index in [-0.39, 0.29) is 0 Å². The Balaban J connectivity index is 0.000000561. The maximum atomic E-state index is 4.40. The van der Waals surface area contributed by atoms with E-state index in [0.717, 1.165) is 0 Å². The van der Waals surface area contributed by atoms with E-state index in [1.54, 1.807) is 19.2 Å². The molecule has 0 amide bonds. The van der Waals surface area contributed by atoms with Crippen LogP contribution in [0.4, 0.5) is 5.82 Å². The van der Waals surface area contributed by atoms with Crippen LogP contribution < -0.4 is 0 Å². The van der Waals surface area contributed by atoms with E-state index in [2.05, 4.69) is 26.5 Å². The normalized spacial score (nSPS) is 9.25. The van der Waals surface area contributed by atoms with Crippen molar-refractivity contribution in [1.82, 2.24) is 10.3 Å². The number of rotatable bonds is 2. The van der Waals surface area contributed by atoms with Crippen molar-refractivity contribution in [1.29, 1.82) is 0 Å². The summed E-state index contributed by atoms with van der Waals surface area (Å²) in [7, 11) is 0. The monoisotopic (exact) mass is 167 g/mol. The minimum Gasteiger partial charge on any atom is -0.242 e. The SMILES string of the molecule is C=Cc1nonc1N=CC.CC. The van der Waals surface area contributed by atoms with Gasteiger partial charge in [0.2, 0.25) is 5.82 Å². The summed E-state index contributed by atoms with van der Waals surface area (Å²) < 4.78 is 4.40. The van der Waals surface area contributed by atoms with Crippen LogP contribution in [0.3, 0.4) is 0 Å². The quantitative estimate of drug-likeness (QED) is 0.636. The summed E-state index contributed by atoms with van der Waals surface area (Å²) in [5, 5.41) is 7.06. The molecule has 0 bridgehead atoms. The fraction of sp³-hybridized carbons (Fsp3) is 0.375.